The fourth-order valence-corrected chi connectivity index (χ4v) is 2.33. The Balaban J connectivity index is 2.01. The average Bonchev–Trinajstić information content (AvgIpc) is 3.01. The monoisotopic (exact) mass is 309 g/mol. The van der Waals surface area contributed by atoms with Crippen LogP contribution in [0.25, 0.3) is 0 Å². The van der Waals surface area contributed by atoms with Crippen LogP contribution in [0, 0.1) is 0 Å². The molecule has 3 rings (SSSR count). The number of benzene rings is 1. The van der Waals surface area contributed by atoms with E-state index in [-0.39, 0.29) is 11.7 Å². The summed E-state index contributed by atoms with van der Waals surface area (Å²) in [6.45, 7) is 0. The summed E-state index contributed by atoms with van der Waals surface area (Å²) in [5, 5.41) is 10.0. The molecule has 1 atom stereocenters. The van der Waals surface area contributed by atoms with E-state index in [4.69, 9.17) is 28.9 Å². The van der Waals surface area contributed by atoms with Crippen molar-refractivity contribution in [1.29, 1.82) is 0 Å². The first-order valence-electron chi connectivity index (χ1n) is 5.70. The summed E-state index contributed by atoms with van der Waals surface area (Å²) in [7, 11) is 0. The van der Waals surface area contributed by atoms with Crippen LogP contribution in [0.15, 0.2) is 41.8 Å². The molecule has 0 aliphatic carbocycles. The molecule has 0 saturated carbocycles. The fourth-order valence-electron chi connectivity index (χ4n) is 1.96. The normalized spacial score (nSPS) is 18.5. The highest BCUT2D eigenvalue weighted by Gasteiger charge is 2.38. The minimum absolute atomic E-state index is 0.148. The van der Waals surface area contributed by atoms with Crippen molar-refractivity contribution in [3.05, 3.63) is 46.7 Å². The highest BCUT2D eigenvalue weighted by Crippen LogP contribution is 2.33. The Bertz CT molecular complexity index is 698. The van der Waals surface area contributed by atoms with Crippen LogP contribution in [0.1, 0.15) is 6.04 Å². The van der Waals surface area contributed by atoms with Crippen molar-refractivity contribution in [1.82, 2.24) is 9.78 Å². The summed E-state index contributed by atoms with van der Waals surface area (Å²) in [5.41, 5.74) is 6.22. The maximum Gasteiger partial charge on any atom is 0.280 e. The van der Waals surface area contributed by atoms with Gasteiger partial charge in [0, 0.05) is 17.4 Å². The molecule has 1 unspecified atom stereocenters. The number of rotatable bonds is 2. The van der Waals surface area contributed by atoms with Crippen molar-refractivity contribution in [2.24, 2.45) is 10.8 Å². The molecule has 1 amide bonds. The van der Waals surface area contributed by atoms with E-state index in [2.05, 4.69) is 10.2 Å². The molecule has 2 N–H and O–H groups in total. The molecule has 6 nitrogen and oxygen atoms in total. The zero-order valence-electron chi connectivity index (χ0n) is 10.1. The van der Waals surface area contributed by atoms with Gasteiger partial charge in [-0.3, -0.25) is 9.48 Å². The zero-order valence-corrected chi connectivity index (χ0v) is 11.6. The number of halogens is 2. The molecule has 2 aromatic rings. The van der Waals surface area contributed by atoms with Crippen molar-refractivity contribution in [2.45, 2.75) is 6.04 Å². The summed E-state index contributed by atoms with van der Waals surface area (Å²) in [5.74, 6) is -0.190. The third-order valence-electron chi connectivity index (χ3n) is 2.86. The van der Waals surface area contributed by atoms with Crippen molar-refractivity contribution in [3.8, 4) is 0 Å². The van der Waals surface area contributed by atoms with Crippen LogP contribution in [-0.2, 0) is 4.79 Å². The van der Waals surface area contributed by atoms with Gasteiger partial charge in [0.1, 0.15) is 0 Å². The Morgan fingerprint density at radius 3 is 2.80 bits per heavy atom. The van der Waals surface area contributed by atoms with Gasteiger partial charge in [0.25, 0.3) is 5.91 Å². The zero-order chi connectivity index (χ0) is 14.3. The van der Waals surface area contributed by atoms with Gasteiger partial charge in [-0.05, 0) is 24.3 Å². The summed E-state index contributed by atoms with van der Waals surface area (Å²) in [4.78, 5) is 12.4. The van der Waals surface area contributed by atoms with E-state index in [0.29, 0.717) is 15.7 Å². The Morgan fingerprint density at radius 1 is 1.30 bits per heavy atom. The van der Waals surface area contributed by atoms with Gasteiger partial charge in [0.05, 0.1) is 10.7 Å². The van der Waals surface area contributed by atoms with Gasteiger partial charge in [-0.1, -0.05) is 23.2 Å². The highest BCUT2D eigenvalue weighted by atomic mass is 35.5. The lowest BCUT2D eigenvalue weighted by Crippen LogP contribution is -2.32. The number of aromatic nitrogens is 2. The first-order chi connectivity index (χ1) is 9.58. The van der Waals surface area contributed by atoms with E-state index in [1.807, 2.05) is 0 Å². The van der Waals surface area contributed by atoms with Crippen molar-refractivity contribution < 1.29 is 4.79 Å². The number of carbonyl (C=O) groups is 1. The van der Waals surface area contributed by atoms with Crippen LogP contribution in [0.3, 0.4) is 0 Å². The van der Waals surface area contributed by atoms with E-state index < -0.39 is 6.04 Å². The van der Waals surface area contributed by atoms with E-state index in [9.17, 15) is 4.79 Å². The Labute approximate surface area is 124 Å². The number of nitrogens with zero attached hydrogens (tertiary/aromatic N) is 4. The van der Waals surface area contributed by atoms with Gasteiger partial charge in [0.2, 0.25) is 0 Å². The number of hydrogen-bond donors (Lipinski definition) is 1. The lowest BCUT2D eigenvalue weighted by Gasteiger charge is -2.15. The minimum atomic E-state index is -0.764. The predicted octanol–water partition coefficient (Wildman–Crippen LogP) is 2.05. The van der Waals surface area contributed by atoms with Gasteiger partial charge < -0.3 is 5.73 Å². The van der Waals surface area contributed by atoms with Crippen LogP contribution in [0.5, 0.6) is 0 Å². The van der Waals surface area contributed by atoms with E-state index >= 15 is 0 Å². The molecular formula is C12H9Cl2N5O. The molecule has 8 heteroatoms. The number of hydrogen-bond acceptors (Lipinski definition) is 4. The minimum Gasteiger partial charge on any atom is -0.383 e. The third-order valence-corrected chi connectivity index (χ3v) is 3.42. The summed E-state index contributed by atoms with van der Waals surface area (Å²) in [6.07, 6.45) is 3.21. The molecular weight excluding hydrogens is 301 g/mol. The first kappa shape index (κ1) is 13.0. The maximum atomic E-state index is 12.4. The van der Waals surface area contributed by atoms with Gasteiger partial charge in [-0.2, -0.15) is 10.1 Å². The second kappa shape index (κ2) is 4.81. The van der Waals surface area contributed by atoms with Crippen LogP contribution in [0.4, 0.5) is 5.69 Å². The lowest BCUT2D eigenvalue weighted by molar-refractivity contribution is -0.119. The van der Waals surface area contributed by atoms with E-state index in [1.165, 1.54) is 4.68 Å². The SMILES string of the molecule is NC1=NN(c2cc(Cl)ccc2Cl)C(=O)C1n1cccn1. The Morgan fingerprint density at radius 2 is 2.10 bits per heavy atom. The van der Waals surface area contributed by atoms with E-state index in [1.54, 1.807) is 36.7 Å². The first-order valence-corrected chi connectivity index (χ1v) is 6.45. The number of carbonyl (C=O) groups excluding carboxylic acids is 1. The molecule has 1 aromatic heterocycles. The number of anilines is 1. The summed E-state index contributed by atoms with van der Waals surface area (Å²) >= 11 is 12.0. The molecule has 1 aromatic carbocycles. The smallest absolute Gasteiger partial charge is 0.280 e. The fraction of sp³-hybridized carbons (Fsp3) is 0.0833. The molecule has 2 heterocycles. The molecule has 0 radical (unpaired) electrons. The van der Waals surface area contributed by atoms with Gasteiger partial charge >= 0.3 is 0 Å². The summed E-state index contributed by atoms with van der Waals surface area (Å²) < 4.78 is 1.44. The standard InChI is InChI=1S/C12H9Cl2N5O/c13-7-2-3-8(14)9(6-7)19-12(20)10(11(15)17-19)18-5-1-4-16-18/h1-6,10H,(H2,15,17). The van der Waals surface area contributed by atoms with Crippen LogP contribution >= 0.6 is 23.2 Å². The number of hydrazone groups is 1. The number of amides is 1. The molecule has 0 bridgehead atoms. The molecule has 102 valence electrons. The van der Waals surface area contributed by atoms with Crippen molar-refractivity contribution >= 4 is 40.6 Å². The van der Waals surface area contributed by atoms with Crippen LogP contribution in [-0.4, -0.2) is 21.5 Å². The highest BCUT2D eigenvalue weighted by molar-refractivity contribution is 6.36. The van der Waals surface area contributed by atoms with Gasteiger partial charge in [0.15, 0.2) is 11.9 Å². The molecule has 0 spiro atoms. The van der Waals surface area contributed by atoms with Crippen LogP contribution < -0.4 is 10.7 Å². The van der Waals surface area contributed by atoms with E-state index in [0.717, 1.165) is 5.01 Å². The molecule has 0 saturated heterocycles. The van der Waals surface area contributed by atoms with Crippen LogP contribution in [0.2, 0.25) is 10.0 Å². The molecule has 1 aliphatic rings. The topological polar surface area (TPSA) is 76.5 Å². The molecule has 20 heavy (non-hydrogen) atoms. The number of amidine groups is 1. The molecule has 0 fully saturated rings. The largest absolute Gasteiger partial charge is 0.383 e. The second-order valence-electron chi connectivity index (χ2n) is 4.16. The number of nitrogens with two attached hydrogens (primary N) is 1. The second-order valence-corrected chi connectivity index (χ2v) is 5.00. The quantitative estimate of drug-likeness (QED) is 0.922. The maximum absolute atomic E-state index is 12.4. The summed E-state index contributed by atoms with van der Waals surface area (Å²) in [6, 6.07) is 5.73. The van der Waals surface area contributed by atoms with Gasteiger partial charge in [-0.25, -0.2) is 0 Å². The lowest BCUT2D eigenvalue weighted by atomic mass is 10.2. The predicted molar refractivity (Wildman–Crippen MR) is 76.8 cm³/mol. The molecule has 1 aliphatic heterocycles. The average molecular weight is 310 g/mol. The van der Waals surface area contributed by atoms with Gasteiger partial charge in [-0.15, -0.1) is 5.10 Å². The Hall–Kier alpha value is -2.05. The third kappa shape index (κ3) is 2.03. The van der Waals surface area contributed by atoms with Crippen molar-refractivity contribution in [2.75, 3.05) is 5.01 Å². The Kier molecular flexibility index (Phi) is 3.11. The van der Waals surface area contributed by atoms with Crippen molar-refractivity contribution in [3.63, 3.8) is 0 Å².